The van der Waals surface area contributed by atoms with E-state index in [1.165, 1.54) is 6.07 Å². The first-order valence-electron chi connectivity index (χ1n) is 8.71. The number of carboxylic acid groups (broad SMARTS) is 1. The summed E-state index contributed by atoms with van der Waals surface area (Å²) in [7, 11) is 0. The molecular weight excluding hydrogens is 304 g/mol. The molecule has 4 rings (SSSR count). The van der Waals surface area contributed by atoms with Crippen molar-refractivity contribution >= 4 is 5.97 Å². The maximum atomic E-state index is 11.7. The Balaban J connectivity index is 1.77. The lowest BCUT2D eigenvalue weighted by molar-refractivity contribution is 0.0693. The molecule has 0 spiro atoms. The standard InChI is InChI=1S/C20H22O4/c21-12-6-4-11(5-7-12)16-10-18-17(15-3-1-2-14(15)16)8-13(22)9-19(18)20(23)24/h4,6-9,11,14-16,21-22H,1-3,5,10H2,(H,23,24)/t11?,14-,15+,16-/m0/s1. The maximum Gasteiger partial charge on any atom is 0.336 e. The van der Waals surface area contributed by atoms with Crippen LogP contribution in [0.4, 0.5) is 0 Å². The van der Waals surface area contributed by atoms with Crippen LogP contribution in [0, 0.1) is 17.8 Å². The van der Waals surface area contributed by atoms with Gasteiger partial charge in [0.1, 0.15) is 11.5 Å². The molecular formula is C20H22O4. The average Bonchev–Trinajstić information content (AvgIpc) is 3.04. The SMILES string of the molecule is O=C(O)c1cc(O)cc2c1C[C@@H](C1C=CC(O)=CC1)[C@H]1CCC[C@@H]21. The molecule has 0 amide bonds. The molecule has 1 aromatic rings. The third kappa shape index (κ3) is 2.41. The number of rotatable bonds is 2. The number of fused-ring (bicyclic) bond motifs is 3. The zero-order valence-corrected chi connectivity index (χ0v) is 13.5. The van der Waals surface area contributed by atoms with Crippen LogP contribution in [0.5, 0.6) is 5.75 Å². The molecule has 1 fully saturated rings. The second kappa shape index (κ2) is 5.69. The number of aliphatic hydroxyl groups excluding tert-OH is 1. The van der Waals surface area contributed by atoms with Gasteiger partial charge in [0.15, 0.2) is 0 Å². The zero-order valence-electron chi connectivity index (χ0n) is 13.5. The molecule has 3 aliphatic carbocycles. The fraction of sp³-hybridized carbons (Fsp3) is 0.450. The van der Waals surface area contributed by atoms with Crippen LogP contribution in [-0.4, -0.2) is 21.3 Å². The number of aliphatic hydroxyl groups is 1. The molecule has 4 nitrogen and oxygen atoms in total. The van der Waals surface area contributed by atoms with E-state index in [0.717, 1.165) is 43.2 Å². The molecule has 24 heavy (non-hydrogen) atoms. The van der Waals surface area contributed by atoms with Gasteiger partial charge >= 0.3 is 5.97 Å². The molecule has 0 bridgehead atoms. The van der Waals surface area contributed by atoms with E-state index in [0.29, 0.717) is 29.4 Å². The number of allylic oxidation sites excluding steroid dienone is 3. The van der Waals surface area contributed by atoms with Crippen LogP contribution in [0.1, 0.15) is 53.1 Å². The van der Waals surface area contributed by atoms with E-state index >= 15 is 0 Å². The first-order valence-corrected chi connectivity index (χ1v) is 8.71. The van der Waals surface area contributed by atoms with Crippen LogP contribution >= 0.6 is 0 Å². The first kappa shape index (κ1) is 15.3. The van der Waals surface area contributed by atoms with Crippen molar-refractivity contribution in [2.45, 2.75) is 38.0 Å². The van der Waals surface area contributed by atoms with E-state index in [4.69, 9.17) is 0 Å². The fourth-order valence-corrected chi connectivity index (χ4v) is 5.11. The summed E-state index contributed by atoms with van der Waals surface area (Å²) in [5.74, 6) is 1.03. The van der Waals surface area contributed by atoms with Crippen molar-refractivity contribution in [3.8, 4) is 5.75 Å². The molecule has 1 saturated carbocycles. The second-order valence-corrected chi connectivity index (χ2v) is 7.32. The third-order valence-electron chi connectivity index (χ3n) is 6.12. The summed E-state index contributed by atoms with van der Waals surface area (Å²) in [6, 6.07) is 3.17. The minimum atomic E-state index is -0.964. The molecule has 3 aliphatic rings. The van der Waals surface area contributed by atoms with E-state index < -0.39 is 5.97 Å². The van der Waals surface area contributed by atoms with Gasteiger partial charge in [-0.3, -0.25) is 0 Å². The van der Waals surface area contributed by atoms with Gasteiger partial charge in [-0.25, -0.2) is 4.79 Å². The number of aromatic hydroxyl groups is 1. The van der Waals surface area contributed by atoms with Crippen molar-refractivity contribution in [3.63, 3.8) is 0 Å². The Labute approximate surface area is 141 Å². The van der Waals surface area contributed by atoms with Crippen molar-refractivity contribution in [1.82, 2.24) is 0 Å². The molecule has 0 aromatic heterocycles. The molecule has 0 heterocycles. The van der Waals surface area contributed by atoms with Gasteiger partial charge in [0.2, 0.25) is 0 Å². The number of phenolic OH excluding ortho intramolecular Hbond substituents is 1. The van der Waals surface area contributed by atoms with Gasteiger partial charge in [0.25, 0.3) is 0 Å². The highest BCUT2D eigenvalue weighted by Crippen LogP contribution is 2.53. The second-order valence-electron chi connectivity index (χ2n) is 7.32. The predicted molar refractivity (Wildman–Crippen MR) is 90.3 cm³/mol. The van der Waals surface area contributed by atoms with Crippen LogP contribution in [0.2, 0.25) is 0 Å². The van der Waals surface area contributed by atoms with Crippen molar-refractivity contribution in [2.24, 2.45) is 17.8 Å². The summed E-state index contributed by atoms with van der Waals surface area (Å²) in [5.41, 5.74) is 2.20. The Hall–Kier alpha value is -2.23. The molecule has 3 N–H and O–H groups in total. The predicted octanol–water partition coefficient (Wildman–Crippen LogP) is 4.16. The highest BCUT2D eigenvalue weighted by molar-refractivity contribution is 5.90. The Bertz CT molecular complexity index is 746. The topological polar surface area (TPSA) is 77.8 Å². The monoisotopic (exact) mass is 326 g/mol. The van der Waals surface area contributed by atoms with E-state index in [-0.39, 0.29) is 11.3 Å². The Morgan fingerprint density at radius 3 is 2.67 bits per heavy atom. The number of phenols is 1. The number of aromatic carboxylic acids is 1. The lowest BCUT2D eigenvalue weighted by Gasteiger charge is -2.40. The minimum absolute atomic E-state index is 0.0562. The highest BCUT2D eigenvalue weighted by atomic mass is 16.4. The molecule has 4 atom stereocenters. The number of hydrogen-bond donors (Lipinski definition) is 3. The lowest BCUT2D eigenvalue weighted by Crippen LogP contribution is -2.33. The normalized spacial score (nSPS) is 31.2. The van der Waals surface area contributed by atoms with Crippen molar-refractivity contribution in [1.29, 1.82) is 0 Å². The number of hydrogen-bond acceptors (Lipinski definition) is 3. The molecule has 4 heteroatoms. The van der Waals surface area contributed by atoms with E-state index in [1.54, 1.807) is 12.1 Å². The van der Waals surface area contributed by atoms with Crippen LogP contribution in [0.25, 0.3) is 0 Å². The van der Waals surface area contributed by atoms with Gasteiger partial charge in [0.05, 0.1) is 5.56 Å². The van der Waals surface area contributed by atoms with E-state index in [9.17, 15) is 20.1 Å². The molecule has 0 radical (unpaired) electrons. The minimum Gasteiger partial charge on any atom is -0.508 e. The van der Waals surface area contributed by atoms with Crippen molar-refractivity contribution < 1.29 is 20.1 Å². The number of carboxylic acids is 1. The molecule has 1 unspecified atom stereocenters. The summed E-state index contributed by atoms with van der Waals surface area (Å²) in [4.78, 5) is 11.7. The average molecular weight is 326 g/mol. The maximum absolute atomic E-state index is 11.7. The summed E-state index contributed by atoms with van der Waals surface area (Å²) < 4.78 is 0. The van der Waals surface area contributed by atoms with Crippen molar-refractivity contribution in [3.05, 3.63) is 52.8 Å². The number of benzene rings is 1. The molecule has 0 saturated heterocycles. The smallest absolute Gasteiger partial charge is 0.336 e. The zero-order chi connectivity index (χ0) is 16.8. The summed E-state index contributed by atoms with van der Waals surface area (Å²) in [5, 5.41) is 29.1. The highest BCUT2D eigenvalue weighted by Gasteiger charge is 2.43. The van der Waals surface area contributed by atoms with Gasteiger partial charge in [-0.2, -0.15) is 0 Å². The largest absolute Gasteiger partial charge is 0.508 e. The van der Waals surface area contributed by atoms with Gasteiger partial charge in [-0.1, -0.05) is 12.5 Å². The lowest BCUT2D eigenvalue weighted by atomic mass is 9.64. The fourth-order valence-electron chi connectivity index (χ4n) is 5.11. The van der Waals surface area contributed by atoms with E-state index in [2.05, 4.69) is 6.08 Å². The van der Waals surface area contributed by atoms with Gasteiger partial charge < -0.3 is 15.3 Å². The molecule has 0 aliphatic heterocycles. The van der Waals surface area contributed by atoms with Crippen LogP contribution in [-0.2, 0) is 6.42 Å². The van der Waals surface area contributed by atoms with E-state index in [1.807, 2.05) is 6.08 Å². The van der Waals surface area contributed by atoms with Gasteiger partial charge in [0, 0.05) is 0 Å². The molecule has 126 valence electrons. The Morgan fingerprint density at radius 2 is 1.96 bits per heavy atom. The first-order chi connectivity index (χ1) is 11.5. The Kier molecular flexibility index (Phi) is 3.63. The van der Waals surface area contributed by atoms with Crippen LogP contribution < -0.4 is 0 Å². The van der Waals surface area contributed by atoms with Gasteiger partial charge in [-0.15, -0.1) is 0 Å². The van der Waals surface area contributed by atoms with Crippen LogP contribution in [0.15, 0.2) is 36.1 Å². The van der Waals surface area contributed by atoms with Crippen LogP contribution in [0.3, 0.4) is 0 Å². The third-order valence-corrected chi connectivity index (χ3v) is 6.12. The quantitative estimate of drug-likeness (QED) is 0.762. The van der Waals surface area contributed by atoms with Gasteiger partial charge in [-0.05, 0) is 84.8 Å². The summed E-state index contributed by atoms with van der Waals surface area (Å²) in [6.07, 6.45) is 10.6. The Morgan fingerprint density at radius 1 is 1.12 bits per heavy atom. The number of carbonyl (C=O) groups is 1. The van der Waals surface area contributed by atoms with Crippen molar-refractivity contribution in [2.75, 3.05) is 0 Å². The summed E-state index contributed by atoms with van der Waals surface area (Å²) in [6.45, 7) is 0. The molecule has 1 aromatic carbocycles. The summed E-state index contributed by atoms with van der Waals surface area (Å²) >= 11 is 0.